The minimum atomic E-state index is -0.267. The van der Waals surface area contributed by atoms with Gasteiger partial charge in [-0.15, -0.1) is 0 Å². The van der Waals surface area contributed by atoms with Crippen molar-refractivity contribution in [1.82, 2.24) is 0 Å². The molecule has 0 aliphatic carbocycles. The van der Waals surface area contributed by atoms with Gasteiger partial charge in [0.2, 0.25) is 0 Å². The van der Waals surface area contributed by atoms with Crippen molar-refractivity contribution in [2.75, 3.05) is 4.90 Å². The van der Waals surface area contributed by atoms with E-state index >= 15 is 0 Å². The van der Waals surface area contributed by atoms with Crippen molar-refractivity contribution < 1.29 is 9.53 Å². The van der Waals surface area contributed by atoms with Crippen LogP contribution in [0.1, 0.15) is 5.56 Å². The fourth-order valence-electron chi connectivity index (χ4n) is 2.73. The van der Waals surface area contributed by atoms with E-state index in [9.17, 15) is 4.79 Å². The first-order valence-electron chi connectivity index (χ1n) is 8.43. The number of aldehydes is 1. The molecule has 0 aliphatic heterocycles. The summed E-state index contributed by atoms with van der Waals surface area (Å²) in [6, 6.07) is 27.5. The largest absolute Gasteiger partial charge is 0.427 e. The molecule has 0 aromatic heterocycles. The molecule has 6 heteroatoms. The molecular formula is C22H17ClN2O2S. The Morgan fingerprint density at radius 3 is 1.75 bits per heavy atom. The second kappa shape index (κ2) is 9.17. The zero-order valence-corrected chi connectivity index (χ0v) is 16.4. The van der Waals surface area contributed by atoms with Gasteiger partial charge in [0.1, 0.15) is 0 Å². The zero-order valence-electron chi connectivity index (χ0n) is 14.8. The van der Waals surface area contributed by atoms with Gasteiger partial charge in [0.05, 0.1) is 5.03 Å². The molecule has 0 amide bonds. The maximum atomic E-state index is 11.2. The molecule has 2 N–H and O–H groups in total. The maximum Gasteiger partial charge on any atom is 0.259 e. The quantitative estimate of drug-likeness (QED) is 0.252. The lowest BCUT2D eigenvalue weighted by atomic mass is 10.1. The van der Waals surface area contributed by atoms with Gasteiger partial charge in [-0.1, -0.05) is 60.1 Å². The molecule has 0 aliphatic rings. The summed E-state index contributed by atoms with van der Waals surface area (Å²) in [4.78, 5) is 13.3. The Labute approximate surface area is 173 Å². The van der Waals surface area contributed by atoms with E-state index in [2.05, 4.69) is 17.1 Å². The normalized spacial score (nSPS) is 11.3. The number of hydrogen-bond donors (Lipinski definition) is 1. The monoisotopic (exact) mass is 408 g/mol. The molecule has 0 unspecified atom stereocenters. The van der Waals surface area contributed by atoms with Crippen LogP contribution in [0.4, 0.5) is 17.1 Å². The van der Waals surface area contributed by atoms with Gasteiger partial charge in [-0.3, -0.25) is 4.79 Å². The first-order valence-corrected chi connectivity index (χ1v) is 9.21. The van der Waals surface area contributed by atoms with Crippen LogP contribution in [-0.4, -0.2) is 11.5 Å². The van der Waals surface area contributed by atoms with Gasteiger partial charge in [0.15, 0.2) is 12.0 Å². The highest BCUT2D eigenvalue weighted by Crippen LogP contribution is 2.35. The maximum absolute atomic E-state index is 11.2. The summed E-state index contributed by atoms with van der Waals surface area (Å²) in [7, 11) is 0. The molecule has 140 valence electrons. The van der Waals surface area contributed by atoms with Crippen molar-refractivity contribution in [3.8, 4) is 0 Å². The van der Waals surface area contributed by atoms with Crippen molar-refractivity contribution in [1.29, 1.82) is 0 Å². The molecule has 0 heterocycles. The van der Waals surface area contributed by atoms with Crippen molar-refractivity contribution in [2.24, 2.45) is 5.73 Å². The van der Waals surface area contributed by atoms with Crippen molar-refractivity contribution in [3.63, 3.8) is 0 Å². The van der Waals surface area contributed by atoms with Crippen LogP contribution in [0.15, 0.2) is 90.7 Å². The predicted octanol–water partition coefficient (Wildman–Crippen LogP) is 5.52. The number of nitrogens with zero attached hydrogens (tertiary/aromatic N) is 1. The number of carbonyl (C=O) groups is 1. The molecule has 0 radical (unpaired) electrons. The Balaban J connectivity index is 2.01. The van der Waals surface area contributed by atoms with E-state index < -0.39 is 0 Å². The van der Waals surface area contributed by atoms with E-state index in [0.717, 1.165) is 17.1 Å². The molecule has 28 heavy (non-hydrogen) atoms. The highest BCUT2D eigenvalue weighted by Gasteiger charge is 2.14. The van der Waals surface area contributed by atoms with E-state index in [1.54, 1.807) is 0 Å². The van der Waals surface area contributed by atoms with Crippen LogP contribution in [-0.2, 0) is 9.53 Å². The van der Waals surface area contributed by atoms with Gasteiger partial charge in [0.25, 0.3) is 5.17 Å². The van der Waals surface area contributed by atoms with Gasteiger partial charge >= 0.3 is 0 Å². The lowest BCUT2D eigenvalue weighted by Gasteiger charge is -2.25. The number of anilines is 3. The molecule has 0 saturated heterocycles. The molecule has 0 atom stereocenters. The van der Waals surface area contributed by atoms with Crippen LogP contribution < -0.4 is 10.6 Å². The smallest absolute Gasteiger partial charge is 0.259 e. The lowest BCUT2D eigenvalue weighted by molar-refractivity contribution is -0.106. The summed E-state index contributed by atoms with van der Waals surface area (Å²) in [5.74, 6) is -0.120. The van der Waals surface area contributed by atoms with Crippen LogP contribution in [0, 0.1) is 0 Å². The zero-order chi connectivity index (χ0) is 19.9. The fraction of sp³-hybridized carbons (Fsp3) is 0. The van der Waals surface area contributed by atoms with Crippen molar-refractivity contribution >= 4 is 57.4 Å². The number of thiocarbonyl (C=S) groups is 1. The van der Waals surface area contributed by atoms with Gasteiger partial charge in [0, 0.05) is 17.1 Å². The van der Waals surface area contributed by atoms with Gasteiger partial charge in [-0.25, -0.2) is 0 Å². The average molecular weight is 409 g/mol. The van der Waals surface area contributed by atoms with E-state index in [4.69, 9.17) is 22.1 Å². The van der Waals surface area contributed by atoms with Crippen molar-refractivity contribution in [3.05, 3.63) is 96.3 Å². The minimum absolute atomic E-state index is 0.120. The lowest BCUT2D eigenvalue weighted by Crippen LogP contribution is -2.13. The molecule has 0 bridgehead atoms. The Kier molecular flexibility index (Phi) is 6.42. The topological polar surface area (TPSA) is 55.6 Å². The van der Waals surface area contributed by atoms with Crippen LogP contribution in [0.5, 0.6) is 0 Å². The molecule has 0 spiro atoms. The van der Waals surface area contributed by atoms with E-state index in [1.807, 2.05) is 84.9 Å². The molecular weight excluding hydrogens is 392 g/mol. The summed E-state index contributed by atoms with van der Waals surface area (Å²) in [5.41, 5.74) is 8.93. The third-order valence-electron chi connectivity index (χ3n) is 3.94. The average Bonchev–Trinajstić information content (AvgIpc) is 2.74. The number of rotatable bonds is 6. The fourth-order valence-corrected chi connectivity index (χ4v) is 3.03. The van der Waals surface area contributed by atoms with Crippen LogP contribution >= 0.6 is 23.8 Å². The number of halogens is 1. The minimum Gasteiger partial charge on any atom is -0.427 e. The number of benzene rings is 3. The first-order chi connectivity index (χ1) is 13.6. The van der Waals surface area contributed by atoms with Crippen LogP contribution in [0.3, 0.4) is 0 Å². The number of ether oxygens (including phenoxy) is 1. The van der Waals surface area contributed by atoms with E-state index in [0.29, 0.717) is 11.8 Å². The Morgan fingerprint density at radius 2 is 1.32 bits per heavy atom. The Morgan fingerprint density at radius 1 is 0.857 bits per heavy atom. The van der Waals surface area contributed by atoms with E-state index in [-0.39, 0.29) is 16.0 Å². The van der Waals surface area contributed by atoms with Crippen molar-refractivity contribution in [2.45, 2.75) is 0 Å². The summed E-state index contributed by atoms with van der Waals surface area (Å²) in [6.45, 7) is 0. The molecule has 3 aromatic carbocycles. The highest BCUT2D eigenvalue weighted by atomic mass is 35.5. The number of allylic oxidation sites excluding steroid dienone is 1. The Hall–Kier alpha value is -3.15. The van der Waals surface area contributed by atoms with Gasteiger partial charge in [-0.05, 0) is 54.2 Å². The molecule has 3 aromatic rings. The third-order valence-corrected chi connectivity index (χ3v) is 4.43. The summed E-state index contributed by atoms with van der Waals surface area (Å²) in [6.07, 6.45) is 0.482. The summed E-state index contributed by atoms with van der Waals surface area (Å²) in [5, 5.41) is -0.128. The van der Waals surface area contributed by atoms with Crippen LogP contribution in [0.25, 0.3) is 5.03 Å². The molecule has 0 fully saturated rings. The number of carbonyl (C=O) groups excluding carboxylic acids is 1. The standard InChI is InChI=1S/C22H17ClN2O2S/c23-21(20(15-26)27-22(24)28)16-11-13-19(14-12-16)25(17-7-3-1-4-8-17)18-9-5-2-6-10-18/h1-15H,(H2,24,28)/b21-20-. The van der Waals surface area contributed by atoms with E-state index in [1.165, 1.54) is 0 Å². The third kappa shape index (κ3) is 4.57. The Bertz CT molecular complexity index is 951. The first kappa shape index (κ1) is 19.6. The second-order valence-electron chi connectivity index (χ2n) is 5.77. The predicted molar refractivity (Wildman–Crippen MR) is 118 cm³/mol. The van der Waals surface area contributed by atoms with Gasteiger partial charge in [-0.2, -0.15) is 0 Å². The molecule has 3 rings (SSSR count). The second-order valence-corrected chi connectivity index (χ2v) is 6.55. The summed E-state index contributed by atoms with van der Waals surface area (Å²) < 4.78 is 5.01. The number of hydrogen-bond acceptors (Lipinski definition) is 4. The highest BCUT2D eigenvalue weighted by molar-refractivity contribution is 7.80. The number of nitrogens with two attached hydrogens (primary N) is 1. The van der Waals surface area contributed by atoms with Gasteiger partial charge < -0.3 is 15.4 Å². The number of para-hydroxylation sites is 2. The SMILES string of the molecule is NC(=S)O/C(C=O)=C(\Cl)c1ccc(N(c2ccccc2)c2ccccc2)cc1. The summed E-state index contributed by atoms with van der Waals surface area (Å²) >= 11 is 10.9. The molecule has 4 nitrogen and oxygen atoms in total. The molecule has 0 saturated carbocycles. The van der Waals surface area contributed by atoms with Crippen LogP contribution in [0.2, 0.25) is 0 Å².